The van der Waals surface area contributed by atoms with Crippen LogP contribution in [0.5, 0.6) is 0 Å². The lowest BCUT2D eigenvalue weighted by molar-refractivity contribution is -0.131. The molecule has 4 nitrogen and oxygen atoms in total. The van der Waals surface area contributed by atoms with E-state index in [-0.39, 0.29) is 17.1 Å². The van der Waals surface area contributed by atoms with Crippen molar-refractivity contribution in [3.05, 3.63) is 60.2 Å². The molecule has 0 unspecified atom stereocenters. The van der Waals surface area contributed by atoms with Gasteiger partial charge in [-0.25, -0.2) is 0 Å². The van der Waals surface area contributed by atoms with Crippen LogP contribution in [0.3, 0.4) is 0 Å². The standard InChI is InChI=1S/C21H24N2O2S/c1-16(24)22-18-10-12-19(13-11-18)26-20(17-8-4-2-5-9-17)21(25)23-14-6-3-7-15-23/h2,4-5,8-13,20H,3,6-7,14-15H2,1H3,(H,22,24)/t20-/m0/s1. The van der Waals surface area contributed by atoms with Gasteiger partial charge in [0.05, 0.1) is 0 Å². The van der Waals surface area contributed by atoms with Crippen LogP contribution in [0.4, 0.5) is 5.69 Å². The first-order chi connectivity index (χ1) is 12.6. The SMILES string of the molecule is CC(=O)Nc1ccc(S[C@H](C(=O)N2CCCCC2)c2ccccc2)cc1. The van der Waals surface area contributed by atoms with Crippen LogP contribution in [-0.4, -0.2) is 29.8 Å². The molecule has 2 aromatic rings. The number of piperidine rings is 1. The van der Waals surface area contributed by atoms with E-state index in [9.17, 15) is 9.59 Å². The van der Waals surface area contributed by atoms with Crippen molar-refractivity contribution in [1.82, 2.24) is 4.90 Å². The summed E-state index contributed by atoms with van der Waals surface area (Å²) in [4.78, 5) is 27.3. The Balaban J connectivity index is 1.79. The number of anilines is 1. The molecule has 1 aliphatic heterocycles. The summed E-state index contributed by atoms with van der Waals surface area (Å²) in [6, 6.07) is 17.6. The first-order valence-electron chi connectivity index (χ1n) is 9.01. The van der Waals surface area contributed by atoms with Crippen molar-refractivity contribution in [1.29, 1.82) is 0 Å². The fourth-order valence-electron chi connectivity index (χ4n) is 3.13. The summed E-state index contributed by atoms with van der Waals surface area (Å²) in [5.74, 6) is 0.0969. The second kappa shape index (κ2) is 8.90. The van der Waals surface area contributed by atoms with Gasteiger partial charge >= 0.3 is 0 Å². The van der Waals surface area contributed by atoms with E-state index in [1.165, 1.54) is 13.3 Å². The van der Waals surface area contributed by atoms with E-state index in [4.69, 9.17) is 0 Å². The minimum atomic E-state index is -0.249. The quantitative estimate of drug-likeness (QED) is 0.791. The lowest BCUT2D eigenvalue weighted by atomic mass is 10.1. The van der Waals surface area contributed by atoms with Crippen molar-refractivity contribution in [2.24, 2.45) is 0 Å². The van der Waals surface area contributed by atoms with Crippen LogP contribution < -0.4 is 5.32 Å². The van der Waals surface area contributed by atoms with Crippen molar-refractivity contribution >= 4 is 29.3 Å². The topological polar surface area (TPSA) is 49.4 Å². The zero-order valence-corrected chi connectivity index (χ0v) is 15.8. The molecule has 0 bridgehead atoms. The van der Waals surface area contributed by atoms with Gasteiger partial charge in [-0.15, -0.1) is 11.8 Å². The van der Waals surface area contributed by atoms with Gasteiger partial charge in [0.2, 0.25) is 11.8 Å². The van der Waals surface area contributed by atoms with E-state index in [0.717, 1.165) is 42.1 Å². The summed E-state index contributed by atoms with van der Waals surface area (Å²) < 4.78 is 0. The molecule has 1 saturated heterocycles. The number of likely N-dealkylation sites (tertiary alicyclic amines) is 1. The van der Waals surface area contributed by atoms with Crippen molar-refractivity contribution in [3.8, 4) is 0 Å². The van der Waals surface area contributed by atoms with E-state index in [1.54, 1.807) is 11.8 Å². The van der Waals surface area contributed by atoms with Crippen molar-refractivity contribution in [2.75, 3.05) is 18.4 Å². The molecule has 26 heavy (non-hydrogen) atoms. The van der Waals surface area contributed by atoms with E-state index in [1.807, 2.05) is 59.5 Å². The average Bonchev–Trinajstić information content (AvgIpc) is 2.68. The third kappa shape index (κ3) is 4.88. The highest BCUT2D eigenvalue weighted by Crippen LogP contribution is 2.37. The zero-order valence-electron chi connectivity index (χ0n) is 15.0. The molecule has 0 aromatic heterocycles. The summed E-state index contributed by atoms with van der Waals surface area (Å²) in [6.45, 7) is 3.19. The maximum atomic E-state index is 13.2. The largest absolute Gasteiger partial charge is 0.341 e. The van der Waals surface area contributed by atoms with Gasteiger partial charge < -0.3 is 10.2 Å². The van der Waals surface area contributed by atoms with Gasteiger partial charge in [-0.05, 0) is 49.1 Å². The average molecular weight is 369 g/mol. The zero-order chi connectivity index (χ0) is 18.4. The van der Waals surface area contributed by atoms with Gasteiger partial charge in [-0.2, -0.15) is 0 Å². The smallest absolute Gasteiger partial charge is 0.240 e. The van der Waals surface area contributed by atoms with Crippen LogP contribution in [0.25, 0.3) is 0 Å². The first kappa shape index (κ1) is 18.5. The molecule has 1 heterocycles. The Morgan fingerprint density at radius 1 is 0.962 bits per heavy atom. The normalized spacial score (nSPS) is 15.3. The number of hydrogen-bond donors (Lipinski definition) is 1. The summed E-state index contributed by atoms with van der Waals surface area (Å²) in [6.07, 6.45) is 3.38. The van der Waals surface area contributed by atoms with Crippen molar-refractivity contribution in [3.63, 3.8) is 0 Å². The molecule has 0 saturated carbocycles. The summed E-state index contributed by atoms with van der Waals surface area (Å²) >= 11 is 1.57. The Kier molecular flexibility index (Phi) is 6.34. The molecule has 0 aliphatic carbocycles. The van der Waals surface area contributed by atoms with Gasteiger partial charge in [-0.1, -0.05) is 30.3 Å². The van der Waals surface area contributed by atoms with Crippen molar-refractivity contribution in [2.45, 2.75) is 36.3 Å². The molecule has 1 N–H and O–H groups in total. The Bertz CT molecular complexity index is 740. The predicted molar refractivity (Wildman–Crippen MR) is 106 cm³/mol. The Morgan fingerprint density at radius 3 is 2.23 bits per heavy atom. The second-order valence-electron chi connectivity index (χ2n) is 6.50. The molecular formula is C21H24N2O2S. The number of nitrogens with zero attached hydrogens (tertiary/aromatic N) is 1. The van der Waals surface area contributed by atoms with Gasteiger partial charge in [0.15, 0.2) is 0 Å². The lowest BCUT2D eigenvalue weighted by Gasteiger charge is -2.30. The van der Waals surface area contributed by atoms with E-state index < -0.39 is 0 Å². The molecule has 3 rings (SSSR count). The monoisotopic (exact) mass is 368 g/mol. The van der Waals surface area contributed by atoms with E-state index in [0.29, 0.717) is 0 Å². The third-order valence-corrected chi connectivity index (χ3v) is 5.68. The fourth-order valence-corrected chi connectivity index (χ4v) is 4.23. The number of nitrogens with one attached hydrogen (secondary N) is 1. The molecule has 2 aromatic carbocycles. The summed E-state index contributed by atoms with van der Waals surface area (Å²) in [7, 11) is 0. The molecule has 0 radical (unpaired) electrons. The number of hydrogen-bond acceptors (Lipinski definition) is 3. The number of carbonyl (C=O) groups excluding carboxylic acids is 2. The summed E-state index contributed by atoms with van der Waals surface area (Å²) in [5.41, 5.74) is 1.79. The van der Waals surface area contributed by atoms with Gasteiger partial charge in [0.25, 0.3) is 0 Å². The molecule has 136 valence electrons. The van der Waals surface area contributed by atoms with E-state index in [2.05, 4.69) is 5.32 Å². The number of rotatable bonds is 5. The minimum Gasteiger partial charge on any atom is -0.341 e. The number of benzene rings is 2. The van der Waals surface area contributed by atoms with Crippen LogP contribution in [0.2, 0.25) is 0 Å². The first-order valence-corrected chi connectivity index (χ1v) is 9.89. The maximum Gasteiger partial charge on any atom is 0.240 e. The van der Waals surface area contributed by atoms with Crippen LogP contribution in [-0.2, 0) is 9.59 Å². The maximum absolute atomic E-state index is 13.2. The van der Waals surface area contributed by atoms with Crippen LogP contribution >= 0.6 is 11.8 Å². The fraction of sp³-hybridized carbons (Fsp3) is 0.333. The van der Waals surface area contributed by atoms with E-state index >= 15 is 0 Å². The molecule has 2 amide bonds. The molecule has 0 spiro atoms. The molecular weight excluding hydrogens is 344 g/mol. The highest BCUT2D eigenvalue weighted by Gasteiger charge is 2.27. The lowest BCUT2D eigenvalue weighted by Crippen LogP contribution is -2.38. The molecule has 5 heteroatoms. The highest BCUT2D eigenvalue weighted by atomic mass is 32.2. The highest BCUT2D eigenvalue weighted by molar-refractivity contribution is 8.00. The Hall–Kier alpha value is -2.27. The molecule has 1 aliphatic rings. The molecule has 1 atom stereocenters. The van der Waals surface area contributed by atoms with Crippen LogP contribution in [0, 0.1) is 0 Å². The summed E-state index contributed by atoms with van der Waals surface area (Å²) in [5, 5.41) is 2.52. The number of amides is 2. The van der Waals surface area contributed by atoms with Gasteiger partial charge in [0.1, 0.15) is 5.25 Å². The Morgan fingerprint density at radius 2 is 1.62 bits per heavy atom. The number of thioether (sulfide) groups is 1. The van der Waals surface area contributed by atoms with Crippen molar-refractivity contribution < 1.29 is 9.59 Å². The van der Waals surface area contributed by atoms with Gasteiger partial charge in [0, 0.05) is 30.6 Å². The van der Waals surface area contributed by atoms with Crippen LogP contribution in [0.15, 0.2) is 59.5 Å². The second-order valence-corrected chi connectivity index (χ2v) is 7.68. The minimum absolute atomic E-state index is 0.0900. The predicted octanol–water partition coefficient (Wildman–Crippen LogP) is 4.49. The van der Waals surface area contributed by atoms with Crippen LogP contribution in [0.1, 0.15) is 37.0 Å². The van der Waals surface area contributed by atoms with Gasteiger partial charge in [-0.3, -0.25) is 9.59 Å². The molecule has 1 fully saturated rings. The Labute approximate surface area is 159 Å². The number of carbonyl (C=O) groups is 2. The third-order valence-electron chi connectivity index (χ3n) is 4.42.